The molecule has 1 aromatic rings. The van der Waals surface area contributed by atoms with Crippen LogP contribution >= 0.6 is 0 Å². The molecular weight excluding hydrogens is 232 g/mol. The van der Waals surface area contributed by atoms with Gasteiger partial charge in [0.1, 0.15) is 10.7 Å². The Hall–Kier alpha value is -1.12. The first-order chi connectivity index (χ1) is 7.38. The molecule has 92 valence electrons. The van der Waals surface area contributed by atoms with Gasteiger partial charge in [0.05, 0.1) is 12.8 Å². The highest BCUT2D eigenvalue weighted by Crippen LogP contribution is 2.15. The van der Waals surface area contributed by atoms with Gasteiger partial charge in [0.2, 0.25) is 10.0 Å². The van der Waals surface area contributed by atoms with Crippen LogP contribution in [-0.4, -0.2) is 36.4 Å². The second-order valence-corrected chi connectivity index (χ2v) is 5.48. The van der Waals surface area contributed by atoms with Crippen molar-refractivity contribution >= 4 is 15.8 Å². The van der Waals surface area contributed by atoms with Gasteiger partial charge < -0.3 is 10.8 Å². The molecule has 8 heteroatoms. The van der Waals surface area contributed by atoms with Crippen molar-refractivity contribution in [3.8, 4) is 0 Å². The summed E-state index contributed by atoms with van der Waals surface area (Å²) in [4.78, 5) is -0.105. The molecule has 0 aliphatic heterocycles. The van der Waals surface area contributed by atoms with Crippen molar-refractivity contribution in [3.63, 3.8) is 0 Å². The minimum absolute atomic E-state index is 0.0204. The standard InChI is InChI=1S/C8H16N4O3S/c1-5(2)6(4-13)12-16(14,15)7-3-10-11-8(7)9/h3,5-6,12-13H,4H2,1-2H3,(H3,9,10,11). The van der Waals surface area contributed by atoms with E-state index in [-0.39, 0.29) is 23.2 Å². The Morgan fingerprint density at radius 2 is 2.25 bits per heavy atom. The van der Waals surface area contributed by atoms with Crippen LogP contribution < -0.4 is 10.5 Å². The summed E-state index contributed by atoms with van der Waals surface area (Å²) in [6, 6.07) is -0.542. The lowest BCUT2D eigenvalue weighted by Crippen LogP contribution is -2.41. The van der Waals surface area contributed by atoms with Crippen LogP contribution in [0.25, 0.3) is 0 Å². The van der Waals surface area contributed by atoms with E-state index in [2.05, 4.69) is 14.9 Å². The van der Waals surface area contributed by atoms with Crippen LogP contribution in [0.5, 0.6) is 0 Å². The number of aliphatic hydroxyl groups is 1. The van der Waals surface area contributed by atoms with E-state index in [0.29, 0.717) is 0 Å². The molecule has 0 aliphatic rings. The lowest BCUT2D eigenvalue weighted by Gasteiger charge is -2.19. The average molecular weight is 248 g/mol. The second kappa shape index (κ2) is 4.81. The van der Waals surface area contributed by atoms with Gasteiger partial charge in [-0.2, -0.15) is 5.10 Å². The second-order valence-electron chi connectivity index (χ2n) is 3.80. The molecule has 0 fully saturated rings. The van der Waals surface area contributed by atoms with E-state index in [0.717, 1.165) is 6.20 Å². The summed E-state index contributed by atoms with van der Waals surface area (Å²) in [5.74, 6) is -0.0409. The Labute approximate surface area is 94.1 Å². The fraction of sp³-hybridized carbons (Fsp3) is 0.625. The number of anilines is 1. The van der Waals surface area contributed by atoms with Gasteiger partial charge in [-0.3, -0.25) is 5.10 Å². The Balaban J connectivity index is 2.92. The van der Waals surface area contributed by atoms with Crippen molar-refractivity contribution in [1.29, 1.82) is 0 Å². The van der Waals surface area contributed by atoms with Crippen molar-refractivity contribution in [2.45, 2.75) is 24.8 Å². The van der Waals surface area contributed by atoms with E-state index < -0.39 is 16.1 Å². The number of nitrogen functional groups attached to an aromatic ring is 1. The molecule has 7 nitrogen and oxygen atoms in total. The molecule has 1 atom stereocenters. The van der Waals surface area contributed by atoms with Crippen molar-refractivity contribution in [1.82, 2.24) is 14.9 Å². The first-order valence-corrected chi connectivity index (χ1v) is 6.29. The van der Waals surface area contributed by atoms with Crippen molar-refractivity contribution in [2.24, 2.45) is 5.92 Å². The normalized spacial score (nSPS) is 14.2. The van der Waals surface area contributed by atoms with Gasteiger partial charge in [-0.15, -0.1) is 0 Å². The molecule has 1 heterocycles. The zero-order valence-electron chi connectivity index (χ0n) is 9.14. The van der Waals surface area contributed by atoms with Crippen molar-refractivity contribution in [3.05, 3.63) is 6.20 Å². The van der Waals surface area contributed by atoms with Crippen molar-refractivity contribution < 1.29 is 13.5 Å². The molecule has 0 amide bonds. The third-order valence-electron chi connectivity index (χ3n) is 2.23. The minimum Gasteiger partial charge on any atom is -0.395 e. The largest absolute Gasteiger partial charge is 0.395 e. The smallest absolute Gasteiger partial charge is 0.246 e. The third-order valence-corrected chi connectivity index (χ3v) is 3.75. The monoisotopic (exact) mass is 248 g/mol. The maximum Gasteiger partial charge on any atom is 0.246 e. The van der Waals surface area contributed by atoms with Gasteiger partial charge in [0, 0.05) is 6.04 Å². The number of hydrogen-bond donors (Lipinski definition) is 4. The lowest BCUT2D eigenvalue weighted by molar-refractivity contribution is 0.227. The number of H-pyrrole nitrogens is 1. The van der Waals surface area contributed by atoms with E-state index in [1.807, 2.05) is 13.8 Å². The van der Waals surface area contributed by atoms with E-state index >= 15 is 0 Å². The highest BCUT2D eigenvalue weighted by Gasteiger charge is 2.24. The molecular formula is C8H16N4O3S. The molecule has 0 bridgehead atoms. The number of aromatic amines is 1. The zero-order valence-corrected chi connectivity index (χ0v) is 9.95. The molecule has 16 heavy (non-hydrogen) atoms. The van der Waals surface area contributed by atoms with Crippen LogP contribution in [0.1, 0.15) is 13.8 Å². The van der Waals surface area contributed by atoms with Crippen LogP contribution in [0.4, 0.5) is 5.82 Å². The Morgan fingerprint density at radius 3 is 2.62 bits per heavy atom. The fourth-order valence-electron chi connectivity index (χ4n) is 1.15. The van der Waals surface area contributed by atoms with Crippen LogP contribution in [0, 0.1) is 5.92 Å². The number of nitrogens with zero attached hydrogens (tertiary/aromatic N) is 1. The summed E-state index contributed by atoms with van der Waals surface area (Å²) in [7, 11) is -3.73. The number of nitrogens with two attached hydrogens (primary N) is 1. The molecule has 0 spiro atoms. The topological polar surface area (TPSA) is 121 Å². The molecule has 1 unspecified atom stereocenters. The summed E-state index contributed by atoms with van der Waals surface area (Å²) >= 11 is 0. The predicted octanol–water partition coefficient (Wildman–Crippen LogP) is -0.713. The summed E-state index contributed by atoms with van der Waals surface area (Å²) in [5, 5.41) is 14.9. The van der Waals surface area contributed by atoms with Gasteiger partial charge in [-0.05, 0) is 5.92 Å². The zero-order chi connectivity index (χ0) is 12.3. The maximum atomic E-state index is 11.8. The molecule has 5 N–H and O–H groups in total. The lowest BCUT2D eigenvalue weighted by atomic mass is 10.1. The number of sulfonamides is 1. The minimum atomic E-state index is -3.73. The van der Waals surface area contributed by atoms with Crippen molar-refractivity contribution in [2.75, 3.05) is 12.3 Å². The van der Waals surface area contributed by atoms with Gasteiger partial charge in [0.25, 0.3) is 0 Å². The van der Waals surface area contributed by atoms with Crippen LogP contribution in [0.2, 0.25) is 0 Å². The van der Waals surface area contributed by atoms with Crippen LogP contribution in [0.3, 0.4) is 0 Å². The Morgan fingerprint density at radius 1 is 1.62 bits per heavy atom. The Bertz CT molecular complexity index is 440. The SMILES string of the molecule is CC(C)C(CO)NS(=O)(=O)c1cn[nH]c1N. The van der Waals surface area contributed by atoms with Gasteiger partial charge in [0.15, 0.2) is 0 Å². The molecule has 1 aromatic heterocycles. The maximum absolute atomic E-state index is 11.8. The first kappa shape index (κ1) is 12.9. The summed E-state index contributed by atoms with van der Waals surface area (Å²) in [5.41, 5.74) is 5.42. The quantitative estimate of drug-likeness (QED) is 0.548. The van der Waals surface area contributed by atoms with Gasteiger partial charge >= 0.3 is 0 Å². The highest BCUT2D eigenvalue weighted by atomic mass is 32.2. The predicted molar refractivity (Wildman–Crippen MR) is 59.0 cm³/mol. The molecule has 0 saturated heterocycles. The number of nitrogens with one attached hydrogen (secondary N) is 2. The average Bonchev–Trinajstić information content (AvgIpc) is 2.61. The summed E-state index contributed by atoms with van der Waals surface area (Å²) in [6.07, 6.45) is 1.13. The van der Waals surface area contributed by atoms with Crippen LogP contribution in [0.15, 0.2) is 11.1 Å². The van der Waals surface area contributed by atoms with E-state index in [1.54, 1.807) is 0 Å². The van der Waals surface area contributed by atoms with Crippen LogP contribution in [-0.2, 0) is 10.0 Å². The number of rotatable bonds is 5. The number of aromatic nitrogens is 2. The van der Waals surface area contributed by atoms with E-state index in [4.69, 9.17) is 10.8 Å². The van der Waals surface area contributed by atoms with Gasteiger partial charge in [-0.1, -0.05) is 13.8 Å². The molecule has 0 radical (unpaired) electrons. The number of aliphatic hydroxyl groups excluding tert-OH is 1. The number of hydrogen-bond acceptors (Lipinski definition) is 5. The molecule has 0 aliphatic carbocycles. The molecule has 1 rings (SSSR count). The first-order valence-electron chi connectivity index (χ1n) is 4.80. The Kier molecular flexibility index (Phi) is 3.89. The van der Waals surface area contributed by atoms with Gasteiger partial charge in [-0.25, -0.2) is 13.1 Å². The summed E-state index contributed by atoms with van der Waals surface area (Å²) < 4.78 is 26.0. The molecule has 0 saturated carbocycles. The van der Waals surface area contributed by atoms with E-state index in [1.165, 1.54) is 0 Å². The molecule has 0 aromatic carbocycles. The summed E-state index contributed by atoms with van der Waals surface area (Å²) in [6.45, 7) is 3.35. The third kappa shape index (κ3) is 2.71. The van der Waals surface area contributed by atoms with E-state index in [9.17, 15) is 8.42 Å². The fourth-order valence-corrected chi connectivity index (χ4v) is 2.55. The highest BCUT2D eigenvalue weighted by molar-refractivity contribution is 7.89.